The van der Waals surface area contributed by atoms with E-state index in [2.05, 4.69) is 65.4 Å². The molecule has 0 radical (unpaired) electrons. The fourth-order valence-corrected chi connectivity index (χ4v) is 5.16. The van der Waals surface area contributed by atoms with Gasteiger partial charge in [0.1, 0.15) is 11.8 Å². The van der Waals surface area contributed by atoms with Crippen LogP contribution in [0.2, 0.25) is 0 Å². The predicted molar refractivity (Wildman–Crippen MR) is 129 cm³/mol. The third-order valence-electron chi connectivity index (χ3n) is 7.18. The topological polar surface area (TPSA) is 90.0 Å². The zero-order valence-electron chi connectivity index (χ0n) is 19.1. The van der Waals surface area contributed by atoms with Gasteiger partial charge in [-0.25, -0.2) is 15.0 Å². The lowest BCUT2D eigenvalue weighted by molar-refractivity contribution is -0.125. The summed E-state index contributed by atoms with van der Waals surface area (Å²) in [5, 5.41) is 3.22. The first-order valence-corrected chi connectivity index (χ1v) is 12.2. The van der Waals surface area contributed by atoms with Crippen LogP contribution in [-0.4, -0.2) is 63.5 Å². The van der Waals surface area contributed by atoms with Crippen LogP contribution in [0.5, 0.6) is 0 Å². The standard InChI is InChI=1S/C25H33N7O/c33-25(21-9-14-32(15-10-21)24-22-23(28-17-27-22)29-18-30-24)26-11-6-19-7-12-31(13-8-19)16-20-4-2-1-3-5-20/h1-5,17-19,21H,6-16H2,(H,26,33)(H,27,28,29,30). The highest BCUT2D eigenvalue weighted by molar-refractivity contribution is 5.83. The van der Waals surface area contributed by atoms with E-state index in [0.717, 1.165) is 69.9 Å². The number of fused-ring (bicyclic) bond motifs is 1. The van der Waals surface area contributed by atoms with Gasteiger partial charge < -0.3 is 15.2 Å². The molecule has 2 N–H and O–H groups in total. The highest BCUT2D eigenvalue weighted by Crippen LogP contribution is 2.26. The largest absolute Gasteiger partial charge is 0.356 e. The summed E-state index contributed by atoms with van der Waals surface area (Å²) < 4.78 is 0. The molecule has 0 saturated carbocycles. The number of carbonyl (C=O) groups excluding carboxylic acids is 1. The summed E-state index contributed by atoms with van der Waals surface area (Å²) in [6.07, 6.45) is 8.44. The summed E-state index contributed by atoms with van der Waals surface area (Å²) in [6.45, 7) is 5.79. The van der Waals surface area contributed by atoms with Crippen LogP contribution in [0.15, 0.2) is 43.0 Å². The molecule has 1 aromatic carbocycles. The molecule has 8 heteroatoms. The summed E-state index contributed by atoms with van der Waals surface area (Å²) >= 11 is 0. The zero-order valence-corrected chi connectivity index (χ0v) is 19.1. The Hall–Kier alpha value is -3.00. The molecule has 0 aliphatic carbocycles. The number of nitrogens with zero attached hydrogens (tertiary/aromatic N) is 5. The minimum Gasteiger partial charge on any atom is -0.356 e. The van der Waals surface area contributed by atoms with Crippen LogP contribution < -0.4 is 10.2 Å². The van der Waals surface area contributed by atoms with E-state index < -0.39 is 0 Å². The first kappa shape index (κ1) is 21.8. The normalized spacial score (nSPS) is 18.6. The third-order valence-corrected chi connectivity index (χ3v) is 7.18. The van der Waals surface area contributed by atoms with Gasteiger partial charge in [-0.1, -0.05) is 30.3 Å². The quantitative estimate of drug-likeness (QED) is 0.579. The summed E-state index contributed by atoms with van der Waals surface area (Å²) in [6, 6.07) is 10.7. The van der Waals surface area contributed by atoms with Gasteiger partial charge in [0.15, 0.2) is 11.5 Å². The van der Waals surface area contributed by atoms with E-state index in [9.17, 15) is 4.79 Å². The highest BCUT2D eigenvalue weighted by Gasteiger charge is 2.27. The van der Waals surface area contributed by atoms with Gasteiger partial charge in [0.2, 0.25) is 5.91 Å². The van der Waals surface area contributed by atoms with E-state index in [0.29, 0.717) is 11.6 Å². The van der Waals surface area contributed by atoms with Gasteiger partial charge in [-0.05, 0) is 56.7 Å². The number of nitrogens with one attached hydrogen (secondary N) is 2. The van der Waals surface area contributed by atoms with Gasteiger partial charge in [-0.2, -0.15) is 0 Å². The summed E-state index contributed by atoms with van der Waals surface area (Å²) in [7, 11) is 0. The van der Waals surface area contributed by atoms with Gasteiger partial charge in [-0.15, -0.1) is 0 Å². The molecule has 0 atom stereocenters. The first-order valence-electron chi connectivity index (χ1n) is 12.2. The fourth-order valence-electron chi connectivity index (χ4n) is 5.16. The van der Waals surface area contributed by atoms with Gasteiger partial charge in [0.05, 0.1) is 6.33 Å². The second kappa shape index (κ2) is 10.3. The van der Waals surface area contributed by atoms with Crippen molar-refractivity contribution in [2.75, 3.05) is 37.6 Å². The third kappa shape index (κ3) is 5.33. The Labute approximate surface area is 194 Å². The molecule has 33 heavy (non-hydrogen) atoms. The van der Waals surface area contributed by atoms with E-state index >= 15 is 0 Å². The van der Waals surface area contributed by atoms with E-state index in [4.69, 9.17) is 0 Å². The number of hydrogen-bond donors (Lipinski definition) is 2. The summed E-state index contributed by atoms with van der Waals surface area (Å²) in [4.78, 5) is 33.5. The van der Waals surface area contributed by atoms with Crippen LogP contribution in [0.25, 0.3) is 11.2 Å². The molecule has 0 bridgehead atoms. The lowest BCUT2D eigenvalue weighted by atomic mass is 9.92. The van der Waals surface area contributed by atoms with Gasteiger partial charge in [-0.3, -0.25) is 9.69 Å². The van der Waals surface area contributed by atoms with Crippen molar-refractivity contribution < 1.29 is 4.79 Å². The van der Waals surface area contributed by atoms with Crippen molar-refractivity contribution in [3.8, 4) is 0 Å². The average Bonchev–Trinajstić information content (AvgIpc) is 3.35. The molecule has 0 spiro atoms. The summed E-state index contributed by atoms with van der Waals surface area (Å²) in [5.41, 5.74) is 2.95. The maximum Gasteiger partial charge on any atom is 0.223 e. The fraction of sp³-hybridized carbons (Fsp3) is 0.520. The van der Waals surface area contributed by atoms with Crippen LogP contribution >= 0.6 is 0 Å². The van der Waals surface area contributed by atoms with Crippen molar-refractivity contribution >= 4 is 22.9 Å². The highest BCUT2D eigenvalue weighted by atomic mass is 16.1. The molecule has 3 aromatic rings. The number of carbonyl (C=O) groups is 1. The number of piperidine rings is 2. The van der Waals surface area contributed by atoms with Crippen LogP contribution in [0.4, 0.5) is 5.82 Å². The Morgan fingerprint density at radius 1 is 1.00 bits per heavy atom. The molecular formula is C25H33N7O. The minimum atomic E-state index is 0.0908. The van der Waals surface area contributed by atoms with Crippen LogP contribution in [-0.2, 0) is 11.3 Å². The molecule has 4 heterocycles. The van der Waals surface area contributed by atoms with Crippen LogP contribution in [0, 0.1) is 11.8 Å². The van der Waals surface area contributed by atoms with Crippen LogP contribution in [0.3, 0.4) is 0 Å². The number of likely N-dealkylation sites (tertiary alicyclic amines) is 1. The molecule has 2 aliphatic rings. The Bertz CT molecular complexity index is 1040. The van der Waals surface area contributed by atoms with Crippen molar-refractivity contribution in [3.63, 3.8) is 0 Å². The summed E-state index contributed by atoms with van der Waals surface area (Å²) in [5.74, 6) is 1.90. The molecule has 0 unspecified atom stereocenters. The lowest BCUT2D eigenvalue weighted by Gasteiger charge is -2.33. The van der Waals surface area contributed by atoms with Crippen molar-refractivity contribution in [2.24, 2.45) is 11.8 Å². The molecule has 2 aliphatic heterocycles. The van der Waals surface area contributed by atoms with Crippen molar-refractivity contribution in [1.29, 1.82) is 0 Å². The molecule has 5 rings (SSSR count). The van der Waals surface area contributed by atoms with Gasteiger partial charge in [0.25, 0.3) is 0 Å². The molecule has 1 amide bonds. The number of amides is 1. The van der Waals surface area contributed by atoms with Crippen LogP contribution in [0.1, 0.15) is 37.7 Å². The Morgan fingerprint density at radius 3 is 2.58 bits per heavy atom. The number of rotatable bonds is 7. The van der Waals surface area contributed by atoms with E-state index in [1.54, 1.807) is 12.7 Å². The Morgan fingerprint density at radius 2 is 1.79 bits per heavy atom. The smallest absolute Gasteiger partial charge is 0.223 e. The van der Waals surface area contributed by atoms with E-state index in [1.165, 1.54) is 18.4 Å². The minimum absolute atomic E-state index is 0.0908. The van der Waals surface area contributed by atoms with E-state index in [1.807, 2.05) is 0 Å². The predicted octanol–water partition coefficient (Wildman–Crippen LogP) is 2.99. The van der Waals surface area contributed by atoms with Crippen molar-refractivity contribution in [3.05, 3.63) is 48.5 Å². The molecule has 2 saturated heterocycles. The maximum atomic E-state index is 12.7. The second-order valence-electron chi connectivity index (χ2n) is 9.34. The molecule has 174 valence electrons. The molecule has 2 fully saturated rings. The zero-order chi connectivity index (χ0) is 22.5. The van der Waals surface area contributed by atoms with E-state index in [-0.39, 0.29) is 11.8 Å². The lowest BCUT2D eigenvalue weighted by Crippen LogP contribution is -2.41. The molecule has 2 aromatic heterocycles. The Kier molecular flexibility index (Phi) is 6.81. The Balaban J connectivity index is 1.01. The van der Waals surface area contributed by atoms with Gasteiger partial charge >= 0.3 is 0 Å². The van der Waals surface area contributed by atoms with Crippen molar-refractivity contribution in [2.45, 2.75) is 38.6 Å². The number of H-pyrrole nitrogens is 1. The average molecular weight is 448 g/mol. The molecule has 8 nitrogen and oxygen atoms in total. The molecular weight excluding hydrogens is 414 g/mol. The number of anilines is 1. The first-order chi connectivity index (χ1) is 16.3. The monoisotopic (exact) mass is 447 g/mol. The number of imidazole rings is 1. The number of benzene rings is 1. The SMILES string of the molecule is O=C(NCCC1CCN(Cc2ccccc2)CC1)C1CCN(c2ncnc3nc[nH]c23)CC1. The number of aromatic nitrogens is 4. The van der Waals surface area contributed by atoms with Gasteiger partial charge in [0, 0.05) is 32.1 Å². The number of aromatic amines is 1. The number of hydrogen-bond acceptors (Lipinski definition) is 6. The van der Waals surface area contributed by atoms with Crippen molar-refractivity contribution in [1.82, 2.24) is 30.2 Å². The second-order valence-corrected chi connectivity index (χ2v) is 9.34. The maximum absolute atomic E-state index is 12.7.